The number of hydrogen-bond acceptors (Lipinski definition) is 1. The number of hydrogen-bond donors (Lipinski definition) is 0. The Morgan fingerprint density at radius 1 is 1.55 bits per heavy atom. The highest BCUT2D eigenvalue weighted by molar-refractivity contribution is 4.98. The van der Waals surface area contributed by atoms with Crippen molar-refractivity contribution in [3.63, 3.8) is 0 Å². The highest BCUT2D eigenvalue weighted by Crippen LogP contribution is 2.23. The lowest BCUT2D eigenvalue weighted by molar-refractivity contribution is 0.420. The van der Waals surface area contributed by atoms with E-state index in [1.807, 2.05) is 6.92 Å². The summed E-state index contributed by atoms with van der Waals surface area (Å²) < 4.78 is 0. The van der Waals surface area contributed by atoms with E-state index < -0.39 is 0 Å². The van der Waals surface area contributed by atoms with Gasteiger partial charge in [0.05, 0.1) is 6.07 Å². The van der Waals surface area contributed by atoms with Crippen molar-refractivity contribution < 1.29 is 0 Å². The monoisotopic (exact) mass is 151 g/mol. The van der Waals surface area contributed by atoms with Crippen LogP contribution >= 0.6 is 0 Å². The molecule has 62 valence electrons. The third-order valence-corrected chi connectivity index (χ3v) is 2.00. The first-order chi connectivity index (χ1) is 5.09. The molecule has 0 amide bonds. The zero-order chi connectivity index (χ0) is 8.85. The van der Waals surface area contributed by atoms with Crippen molar-refractivity contribution in [2.75, 3.05) is 0 Å². The van der Waals surface area contributed by atoms with Gasteiger partial charge in [0.15, 0.2) is 0 Å². The minimum Gasteiger partial charge on any atom is -0.198 e. The predicted molar refractivity (Wildman–Crippen MR) is 48.0 cm³/mol. The molecule has 0 aromatic carbocycles. The van der Waals surface area contributed by atoms with Crippen LogP contribution in [0.25, 0.3) is 0 Å². The van der Waals surface area contributed by atoms with Crippen molar-refractivity contribution in [2.24, 2.45) is 11.8 Å². The topological polar surface area (TPSA) is 23.8 Å². The van der Waals surface area contributed by atoms with E-state index in [1.165, 1.54) is 5.57 Å². The summed E-state index contributed by atoms with van der Waals surface area (Å²) >= 11 is 0. The van der Waals surface area contributed by atoms with Crippen LogP contribution in [0.15, 0.2) is 12.2 Å². The van der Waals surface area contributed by atoms with Crippen molar-refractivity contribution in [3.8, 4) is 6.07 Å². The predicted octanol–water partition coefficient (Wildman–Crippen LogP) is 3.14. The summed E-state index contributed by atoms with van der Waals surface area (Å²) in [6.45, 7) is 10.3. The SMILES string of the molecule is C=C(C)[C@H](CCC#N)C(C)C. The molecule has 1 heteroatoms. The van der Waals surface area contributed by atoms with Gasteiger partial charge in [0.1, 0.15) is 0 Å². The summed E-state index contributed by atoms with van der Waals surface area (Å²) in [6, 6.07) is 2.17. The fraction of sp³-hybridized carbons (Fsp3) is 0.700. The molecule has 0 fully saturated rings. The van der Waals surface area contributed by atoms with E-state index in [4.69, 9.17) is 5.26 Å². The molecule has 0 unspecified atom stereocenters. The Kier molecular flexibility index (Phi) is 4.61. The van der Waals surface area contributed by atoms with Gasteiger partial charge in [0.2, 0.25) is 0 Å². The quantitative estimate of drug-likeness (QED) is 0.566. The van der Waals surface area contributed by atoms with Gasteiger partial charge in [-0.2, -0.15) is 5.26 Å². The van der Waals surface area contributed by atoms with Gasteiger partial charge in [-0.05, 0) is 25.2 Å². The summed E-state index contributed by atoms with van der Waals surface area (Å²) in [7, 11) is 0. The van der Waals surface area contributed by atoms with E-state index in [-0.39, 0.29) is 0 Å². The largest absolute Gasteiger partial charge is 0.198 e. The van der Waals surface area contributed by atoms with E-state index >= 15 is 0 Å². The Morgan fingerprint density at radius 2 is 2.09 bits per heavy atom. The molecule has 1 nitrogen and oxygen atoms in total. The summed E-state index contributed by atoms with van der Waals surface area (Å²) in [4.78, 5) is 0. The van der Waals surface area contributed by atoms with Crippen LogP contribution < -0.4 is 0 Å². The molecule has 0 aliphatic heterocycles. The third kappa shape index (κ3) is 3.83. The number of nitrogens with zero attached hydrogens (tertiary/aromatic N) is 1. The van der Waals surface area contributed by atoms with Crippen molar-refractivity contribution in [2.45, 2.75) is 33.6 Å². The summed E-state index contributed by atoms with van der Waals surface area (Å²) in [5.41, 5.74) is 1.20. The molecule has 11 heavy (non-hydrogen) atoms. The van der Waals surface area contributed by atoms with Gasteiger partial charge < -0.3 is 0 Å². The van der Waals surface area contributed by atoms with Crippen molar-refractivity contribution in [1.29, 1.82) is 5.26 Å². The molecule has 1 atom stereocenters. The maximum atomic E-state index is 8.40. The normalized spacial score (nSPS) is 12.6. The molecule has 0 saturated carbocycles. The van der Waals surface area contributed by atoms with E-state index in [0.717, 1.165) is 6.42 Å². The average Bonchev–Trinajstić information content (AvgIpc) is 1.87. The molecule has 0 spiro atoms. The van der Waals surface area contributed by atoms with Gasteiger partial charge in [0, 0.05) is 6.42 Å². The fourth-order valence-corrected chi connectivity index (χ4v) is 1.37. The van der Waals surface area contributed by atoms with Crippen LogP contribution in [0, 0.1) is 23.2 Å². The lowest BCUT2D eigenvalue weighted by Gasteiger charge is -2.19. The van der Waals surface area contributed by atoms with Gasteiger partial charge >= 0.3 is 0 Å². The van der Waals surface area contributed by atoms with Gasteiger partial charge in [0.25, 0.3) is 0 Å². The molecule has 0 N–H and O–H groups in total. The Labute approximate surface area is 69.7 Å². The summed E-state index contributed by atoms with van der Waals surface area (Å²) in [5, 5.41) is 8.40. The van der Waals surface area contributed by atoms with Crippen LogP contribution in [0.5, 0.6) is 0 Å². The summed E-state index contributed by atoms with van der Waals surface area (Å²) in [6.07, 6.45) is 1.61. The van der Waals surface area contributed by atoms with Crippen molar-refractivity contribution in [3.05, 3.63) is 12.2 Å². The highest BCUT2D eigenvalue weighted by Gasteiger charge is 2.12. The van der Waals surface area contributed by atoms with Crippen LogP contribution in [0.4, 0.5) is 0 Å². The van der Waals surface area contributed by atoms with Crippen molar-refractivity contribution in [1.82, 2.24) is 0 Å². The third-order valence-electron chi connectivity index (χ3n) is 2.00. The minimum atomic E-state index is 0.523. The molecule has 0 aliphatic carbocycles. The molecular formula is C10H17N. The van der Waals surface area contributed by atoms with Gasteiger partial charge in [-0.1, -0.05) is 26.0 Å². The van der Waals surface area contributed by atoms with Gasteiger partial charge in [-0.15, -0.1) is 0 Å². The van der Waals surface area contributed by atoms with E-state index in [9.17, 15) is 0 Å². The second-order valence-corrected chi connectivity index (χ2v) is 3.39. The maximum Gasteiger partial charge on any atom is 0.0621 e. The number of nitriles is 1. The first-order valence-corrected chi connectivity index (χ1v) is 4.12. The maximum absolute atomic E-state index is 8.40. The first-order valence-electron chi connectivity index (χ1n) is 4.12. The lowest BCUT2D eigenvalue weighted by Crippen LogP contribution is -2.08. The summed E-state index contributed by atoms with van der Waals surface area (Å²) in [5.74, 6) is 1.13. The molecule has 0 radical (unpaired) electrons. The molecule has 0 saturated heterocycles. The standard InChI is InChI=1S/C10H17N/c1-8(2)10(9(3)4)6-5-7-11/h9-10H,1,5-6H2,2-4H3/t10-/m0/s1. The second-order valence-electron chi connectivity index (χ2n) is 3.39. The van der Waals surface area contributed by atoms with Crippen LogP contribution in [-0.2, 0) is 0 Å². The molecule has 0 aromatic rings. The first kappa shape index (κ1) is 10.2. The Bertz CT molecular complexity index is 162. The molecule has 0 rings (SSSR count). The number of rotatable bonds is 4. The Hall–Kier alpha value is -0.770. The molecular weight excluding hydrogens is 134 g/mol. The Morgan fingerprint density at radius 3 is 2.36 bits per heavy atom. The molecule has 0 heterocycles. The highest BCUT2D eigenvalue weighted by atomic mass is 14.2. The van der Waals surface area contributed by atoms with E-state index in [1.54, 1.807) is 0 Å². The smallest absolute Gasteiger partial charge is 0.0621 e. The average molecular weight is 151 g/mol. The fourth-order valence-electron chi connectivity index (χ4n) is 1.37. The Balaban J connectivity index is 3.92. The second kappa shape index (κ2) is 4.96. The van der Waals surface area contributed by atoms with Crippen LogP contribution in [0.2, 0.25) is 0 Å². The van der Waals surface area contributed by atoms with Gasteiger partial charge in [-0.3, -0.25) is 0 Å². The number of allylic oxidation sites excluding steroid dienone is 1. The van der Waals surface area contributed by atoms with Crippen LogP contribution in [-0.4, -0.2) is 0 Å². The zero-order valence-electron chi connectivity index (χ0n) is 7.72. The van der Waals surface area contributed by atoms with Crippen LogP contribution in [0.3, 0.4) is 0 Å². The van der Waals surface area contributed by atoms with Gasteiger partial charge in [-0.25, -0.2) is 0 Å². The van der Waals surface area contributed by atoms with Crippen LogP contribution in [0.1, 0.15) is 33.6 Å². The van der Waals surface area contributed by atoms with E-state index in [0.29, 0.717) is 18.3 Å². The molecule has 0 bridgehead atoms. The molecule has 0 aromatic heterocycles. The van der Waals surface area contributed by atoms with Crippen molar-refractivity contribution >= 4 is 0 Å². The zero-order valence-corrected chi connectivity index (χ0v) is 7.72. The minimum absolute atomic E-state index is 0.523. The molecule has 0 aliphatic rings. The lowest BCUT2D eigenvalue weighted by atomic mass is 9.86. The van der Waals surface area contributed by atoms with E-state index in [2.05, 4.69) is 26.5 Å².